The third-order valence-corrected chi connectivity index (χ3v) is 3.81. The normalized spacial score (nSPS) is 17.3. The number of furan rings is 1. The number of aliphatic hydroxyl groups excluding tert-OH is 1. The number of likely N-dealkylation sites (tertiary alicyclic amines) is 1. The molecule has 112 valence electrons. The minimum absolute atomic E-state index is 0.127. The first kappa shape index (κ1) is 14.2. The molecule has 2 heterocycles. The van der Waals surface area contributed by atoms with E-state index in [1.807, 2.05) is 0 Å². The maximum Gasteiger partial charge on any atom is 0.140 e. The standard InChI is InChI=1S/C16H17F2NO2/c17-13-2-1-3-14(18)16(13)15-5-4-12(21-15)10-19-8-6-11(20)7-9-19/h1-5,11,20H,6-10H2. The maximum atomic E-state index is 13.7. The Labute approximate surface area is 121 Å². The highest BCUT2D eigenvalue weighted by Crippen LogP contribution is 2.28. The van der Waals surface area contributed by atoms with Crippen LogP contribution in [0.25, 0.3) is 11.3 Å². The molecular formula is C16H17F2NO2. The molecule has 2 aromatic rings. The Morgan fingerprint density at radius 2 is 1.76 bits per heavy atom. The Balaban J connectivity index is 1.75. The van der Waals surface area contributed by atoms with Crippen LogP contribution in [0.5, 0.6) is 0 Å². The third kappa shape index (κ3) is 3.14. The molecule has 1 aromatic heterocycles. The molecule has 1 fully saturated rings. The molecule has 0 unspecified atom stereocenters. The van der Waals surface area contributed by atoms with Crippen molar-refractivity contribution in [3.05, 3.63) is 47.7 Å². The topological polar surface area (TPSA) is 36.6 Å². The van der Waals surface area contributed by atoms with Crippen molar-refractivity contribution in [2.24, 2.45) is 0 Å². The van der Waals surface area contributed by atoms with Crippen molar-refractivity contribution in [2.75, 3.05) is 13.1 Å². The Morgan fingerprint density at radius 1 is 1.10 bits per heavy atom. The highest BCUT2D eigenvalue weighted by molar-refractivity contribution is 5.59. The summed E-state index contributed by atoms with van der Waals surface area (Å²) in [6.07, 6.45) is 1.27. The highest BCUT2D eigenvalue weighted by Gasteiger charge is 2.19. The Kier molecular flexibility index (Phi) is 4.03. The van der Waals surface area contributed by atoms with E-state index in [9.17, 15) is 13.9 Å². The minimum Gasteiger partial charge on any atom is -0.460 e. The first-order valence-corrected chi connectivity index (χ1v) is 7.07. The Morgan fingerprint density at radius 3 is 2.43 bits per heavy atom. The molecule has 3 nitrogen and oxygen atoms in total. The van der Waals surface area contributed by atoms with Gasteiger partial charge in [-0.3, -0.25) is 4.90 Å². The molecule has 1 aliphatic heterocycles. The summed E-state index contributed by atoms with van der Waals surface area (Å²) in [7, 11) is 0. The van der Waals surface area contributed by atoms with Gasteiger partial charge in [0.2, 0.25) is 0 Å². The zero-order valence-electron chi connectivity index (χ0n) is 11.6. The molecule has 0 amide bonds. The second kappa shape index (κ2) is 5.95. The lowest BCUT2D eigenvalue weighted by Gasteiger charge is -2.28. The van der Waals surface area contributed by atoms with Crippen LogP contribution in [-0.2, 0) is 6.54 Å². The lowest BCUT2D eigenvalue weighted by Crippen LogP contribution is -2.35. The highest BCUT2D eigenvalue weighted by atomic mass is 19.1. The van der Waals surface area contributed by atoms with Crippen molar-refractivity contribution in [1.29, 1.82) is 0 Å². The Hall–Kier alpha value is -1.72. The van der Waals surface area contributed by atoms with Crippen molar-refractivity contribution in [1.82, 2.24) is 4.90 Å². The summed E-state index contributed by atoms with van der Waals surface area (Å²) in [5.41, 5.74) is -0.127. The molecule has 21 heavy (non-hydrogen) atoms. The van der Waals surface area contributed by atoms with Crippen molar-refractivity contribution in [2.45, 2.75) is 25.5 Å². The van der Waals surface area contributed by atoms with E-state index in [1.165, 1.54) is 18.2 Å². The van der Waals surface area contributed by atoms with Gasteiger partial charge in [0, 0.05) is 13.1 Å². The molecule has 0 saturated carbocycles. The van der Waals surface area contributed by atoms with Crippen molar-refractivity contribution in [3.8, 4) is 11.3 Å². The number of aliphatic hydroxyl groups is 1. The van der Waals surface area contributed by atoms with Gasteiger partial charge in [0.1, 0.15) is 23.2 Å². The van der Waals surface area contributed by atoms with Crippen LogP contribution in [-0.4, -0.2) is 29.2 Å². The molecule has 0 aliphatic carbocycles. The molecule has 1 aromatic carbocycles. The third-order valence-electron chi connectivity index (χ3n) is 3.81. The van der Waals surface area contributed by atoms with Gasteiger partial charge in [-0.25, -0.2) is 8.78 Å². The molecular weight excluding hydrogens is 276 g/mol. The Bertz CT molecular complexity index is 598. The maximum absolute atomic E-state index is 13.7. The van der Waals surface area contributed by atoms with Gasteiger partial charge in [0.25, 0.3) is 0 Å². The number of rotatable bonds is 3. The van der Waals surface area contributed by atoms with E-state index in [2.05, 4.69) is 4.90 Å². The van der Waals surface area contributed by atoms with Crippen LogP contribution < -0.4 is 0 Å². The fourth-order valence-electron chi connectivity index (χ4n) is 2.63. The van der Waals surface area contributed by atoms with Gasteiger partial charge in [-0.15, -0.1) is 0 Å². The quantitative estimate of drug-likeness (QED) is 0.944. The van der Waals surface area contributed by atoms with Crippen LogP contribution in [0.1, 0.15) is 18.6 Å². The van der Waals surface area contributed by atoms with Gasteiger partial charge in [0.05, 0.1) is 18.2 Å². The number of benzene rings is 1. The summed E-state index contributed by atoms with van der Waals surface area (Å²) in [4.78, 5) is 2.16. The van der Waals surface area contributed by atoms with Crippen LogP contribution in [0.15, 0.2) is 34.7 Å². The van der Waals surface area contributed by atoms with Gasteiger partial charge in [-0.05, 0) is 37.1 Å². The fourth-order valence-corrected chi connectivity index (χ4v) is 2.63. The van der Waals surface area contributed by atoms with Crippen LogP contribution in [0, 0.1) is 11.6 Å². The molecule has 0 bridgehead atoms. The van der Waals surface area contributed by atoms with E-state index < -0.39 is 11.6 Å². The number of hydrogen-bond donors (Lipinski definition) is 1. The van der Waals surface area contributed by atoms with E-state index in [0.717, 1.165) is 25.9 Å². The van der Waals surface area contributed by atoms with Crippen LogP contribution in [0.3, 0.4) is 0 Å². The van der Waals surface area contributed by atoms with Crippen LogP contribution >= 0.6 is 0 Å². The summed E-state index contributed by atoms with van der Waals surface area (Å²) >= 11 is 0. The molecule has 1 N–H and O–H groups in total. The molecule has 1 saturated heterocycles. The van der Waals surface area contributed by atoms with E-state index in [4.69, 9.17) is 4.42 Å². The largest absolute Gasteiger partial charge is 0.460 e. The molecule has 0 atom stereocenters. The van der Waals surface area contributed by atoms with Crippen molar-refractivity contribution < 1.29 is 18.3 Å². The SMILES string of the molecule is OC1CCN(Cc2ccc(-c3c(F)cccc3F)o2)CC1. The molecule has 0 radical (unpaired) electrons. The zero-order chi connectivity index (χ0) is 14.8. The summed E-state index contributed by atoms with van der Waals surface area (Å²) in [5, 5.41) is 9.47. The summed E-state index contributed by atoms with van der Waals surface area (Å²) in [6.45, 7) is 2.18. The summed E-state index contributed by atoms with van der Waals surface area (Å²) in [5.74, 6) is -0.379. The molecule has 3 rings (SSSR count). The average Bonchev–Trinajstić information content (AvgIpc) is 2.89. The number of nitrogens with zero attached hydrogens (tertiary/aromatic N) is 1. The van der Waals surface area contributed by atoms with Crippen molar-refractivity contribution >= 4 is 0 Å². The minimum atomic E-state index is -0.628. The lowest BCUT2D eigenvalue weighted by atomic mass is 10.1. The first-order chi connectivity index (χ1) is 10.1. The van der Waals surface area contributed by atoms with Gasteiger partial charge < -0.3 is 9.52 Å². The van der Waals surface area contributed by atoms with E-state index in [0.29, 0.717) is 12.3 Å². The second-order valence-corrected chi connectivity index (χ2v) is 5.37. The molecule has 0 spiro atoms. The van der Waals surface area contributed by atoms with Crippen LogP contribution in [0.4, 0.5) is 8.78 Å². The van der Waals surface area contributed by atoms with Gasteiger partial charge in [-0.2, -0.15) is 0 Å². The smallest absolute Gasteiger partial charge is 0.140 e. The summed E-state index contributed by atoms with van der Waals surface area (Å²) in [6, 6.07) is 7.10. The van der Waals surface area contributed by atoms with E-state index >= 15 is 0 Å². The molecule has 1 aliphatic rings. The fraction of sp³-hybridized carbons (Fsp3) is 0.375. The van der Waals surface area contributed by atoms with E-state index in [-0.39, 0.29) is 17.4 Å². The van der Waals surface area contributed by atoms with Crippen LogP contribution in [0.2, 0.25) is 0 Å². The van der Waals surface area contributed by atoms with Gasteiger partial charge in [-0.1, -0.05) is 6.07 Å². The van der Waals surface area contributed by atoms with E-state index in [1.54, 1.807) is 12.1 Å². The number of piperidine rings is 1. The first-order valence-electron chi connectivity index (χ1n) is 7.07. The number of halogens is 2. The second-order valence-electron chi connectivity index (χ2n) is 5.37. The van der Waals surface area contributed by atoms with Gasteiger partial charge in [0.15, 0.2) is 0 Å². The lowest BCUT2D eigenvalue weighted by molar-refractivity contribution is 0.0761. The van der Waals surface area contributed by atoms with Crippen molar-refractivity contribution in [3.63, 3.8) is 0 Å². The average molecular weight is 293 g/mol. The predicted molar refractivity (Wildman–Crippen MR) is 74.6 cm³/mol. The monoisotopic (exact) mass is 293 g/mol. The summed E-state index contributed by atoms with van der Waals surface area (Å²) < 4.78 is 33.0. The number of hydrogen-bond acceptors (Lipinski definition) is 3. The molecule has 5 heteroatoms. The van der Waals surface area contributed by atoms with Gasteiger partial charge >= 0.3 is 0 Å². The predicted octanol–water partition coefficient (Wildman–Crippen LogP) is 3.18. The zero-order valence-corrected chi connectivity index (χ0v) is 11.6.